The van der Waals surface area contributed by atoms with E-state index in [1.54, 1.807) is 0 Å². The summed E-state index contributed by atoms with van der Waals surface area (Å²) >= 11 is 6.24. The van der Waals surface area contributed by atoms with Crippen molar-refractivity contribution >= 4 is 17.5 Å². The first-order valence-electron chi connectivity index (χ1n) is 6.63. The Bertz CT molecular complexity index is 430. The molecule has 0 saturated carbocycles. The lowest BCUT2D eigenvalue weighted by Gasteiger charge is -2.26. The summed E-state index contributed by atoms with van der Waals surface area (Å²) in [5.41, 5.74) is 1.09. The maximum atomic E-state index is 12.2. The van der Waals surface area contributed by atoms with Crippen LogP contribution in [0.2, 0.25) is 5.02 Å². The van der Waals surface area contributed by atoms with Gasteiger partial charge >= 0.3 is 0 Å². The van der Waals surface area contributed by atoms with Gasteiger partial charge in [0.2, 0.25) is 5.91 Å². The van der Waals surface area contributed by atoms with Crippen LogP contribution in [0.1, 0.15) is 44.7 Å². The zero-order valence-electron chi connectivity index (χ0n) is 11.0. The Morgan fingerprint density at radius 3 is 2.83 bits per heavy atom. The standard InChI is InChI=1S/C15H20ClNO/c1-11(2)10-15(18)17-9-5-8-14(17)12-6-3-4-7-13(12)16/h3-4,6-7,11,14H,5,8-10H2,1-2H3. The molecule has 1 fully saturated rings. The van der Waals surface area contributed by atoms with Crippen LogP contribution < -0.4 is 0 Å². The van der Waals surface area contributed by atoms with Crippen molar-refractivity contribution in [1.82, 2.24) is 4.90 Å². The van der Waals surface area contributed by atoms with Gasteiger partial charge in [-0.25, -0.2) is 0 Å². The van der Waals surface area contributed by atoms with Crippen molar-refractivity contribution in [3.05, 3.63) is 34.9 Å². The van der Waals surface area contributed by atoms with Gasteiger partial charge in [0.15, 0.2) is 0 Å². The Balaban J connectivity index is 2.18. The summed E-state index contributed by atoms with van der Waals surface area (Å²) in [5, 5.41) is 0.770. The van der Waals surface area contributed by atoms with Crippen molar-refractivity contribution in [2.24, 2.45) is 5.92 Å². The van der Waals surface area contributed by atoms with E-state index in [-0.39, 0.29) is 11.9 Å². The molecule has 0 radical (unpaired) electrons. The Kier molecular flexibility index (Phi) is 4.28. The maximum Gasteiger partial charge on any atom is 0.223 e. The third-order valence-corrected chi connectivity index (χ3v) is 3.76. The normalized spacial score (nSPS) is 19.6. The highest BCUT2D eigenvalue weighted by Gasteiger charge is 2.30. The van der Waals surface area contributed by atoms with E-state index < -0.39 is 0 Å². The number of nitrogens with zero attached hydrogens (tertiary/aromatic N) is 1. The monoisotopic (exact) mass is 265 g/mol. The van der Waals surface area contributed by atoms with E-state index in [4.69, 9.17) is 11.6 Å². The molecular weight excluding hydrogens is 246 g/mol. The summed E-state index contributed by atoms with van der Waals surface area (Å²) in [6, 6.07) is 8.03. The van der Waals surface area contributed by atoms with Crippen LogP contribution in [0.4, 0.5) is 0 Å². The molecule has 0 bridgehead atoms. The van der Waals surface area contributed by atoms with Crippen LogP contribution in [0.5, 0.6) is 0 Å². The van der Waals surface area contributed by atoms with Gasteiger partial charge < -0.3 is 4.90 Å². The highest BCUT2D eigenvalue weighted by Crippen LogP contribution is 2.36. The molecule has 2 nitrogen and oxygen atoms in total. The number of carbonyl (C=O) groups is 1. The maximum absolute atomic E-state index is 12.2. The first kappa shape index (κ1) is 13.4. The number of benzene rings is 1. The van der Waals surface area contributed by atoms with Gasteiger partial charge in [0.25, 0.3) is 0 Å². The van der Waals surface area contributed by atoms with E-state index in [2.05, 4.69) is 13.8 Å². The van der Waals surface area contributed by atoms with Gasteiger partial charge in [-0.15, -0.1) is 0 Å². The van der Waals surface area contributed by atoms with Crippen molar-refractivity contribution in [3.8, 4) is 0 Å². The second-order valence-electron chi connectivity index (χ2n) is 5.36. The second kappa shape index (κ2) is 5.75. The van der Waals surface area contributed by atoms with Crippen molar-refractivity contribution in [3.63, 3.8) is 0 Å². The second-order valence-corrected chi connectivity index (χ2v) is 5.77. The lowest BCUT2D eigenvalue weighted by molar-refractivity contribution is -0.132. The number of amides is 1. The average molecular weight is 266 g/mol. The molecule has 1 aliphatic heterocycles. The zero-order valence-corrected chi connectivity index (χ0v) is 11.8. The molecule has 1 atom stereocenters. The molecule has 3 heteroatoms. The topological polar surface area (TPSA) is 20.3 Å². The molecule has 2 rings (SSSR count). The summed E-state index contributed by atoms with van der Waals surface area (Å²) in [7, 11) is 0. The third kappa shape index (κ3) is 2.86. The molecule has 0 N–H and O–H groups in total. The minimum absolute atomic E-state index is 0.171. The van der Waals surface area contributed by atoms with Crippen LogP contribution in [-0.4, -0.2) is 17.4 Å². The largest absolute Gasteiger partial charge is 0.336 e. The lowest BCUT2D eigenvalue weighted by atomic mass is 10.0. The number of likely N-dealkylation sites (tertiary alicyclic amines) is 1. The summed E-state index contributed by atoms with van der Waals surface area (Å²) in [6.45, 7) is 5.03. The van der Waals surface area contributed by atoms with E-state index in [0.717, 1.165) is 30.0 Å². The number of hydrogen-bond acceptors (Lipinski definition) is 1. The molecule has 98 valence electrons. The van der Waals surface area contributed by atoms with E-state index in [1.165, 1.54) is 0 Å². The first-order chi connectivity index (χ1) is 8.59. The van der Waals surface area contributed by atoms with E-state index in [0.29, 0.717) is 12.3 Å². The Labute approximate surface area is 114 Å². The minimum Gasteiger partial charge on any atom is -0.336 e. The lowest BCUT2D eigenvalue weighted by Crippen LogP contribution is -2.31. The zero-order chi connectivity index (χ0) is 13.1. The van der Waals surface area contributed by atoms with Gasteiger partial charge in [-0.3, -0.25) is 4.79 Å². The number of halogens is 1. The molecule has 0 spiro atoms. The molecule has 1 saturated heterocycles. The third-order valence-electron chi connectivity index (χ3n) is 3.42. The van der Waals surface area contributed by atoms with Crippen molar-refractivity contribution < 1.29 is 4.79 Å². The first-order valence-corrected chi connectivity index (χ1v) is 7.01. The highest BCUT2D eigenvalue weighted by molar-refractivity contribution is 6.31. The molecule has 1 aromatic rings. The van der Waals surface area contributed by atoms with Crippen LogP contribution in [0.3, 0.4) is 0 Å². The molecule has 1 amide bonds. The number of hydrogen-bond donors (Lipinski definition) is 0. The minimum atomic E-state index is 0.171. The average Bonchev–Trinajstić information content (AvgIpc) is 2.77. The van der Waals surface area contributed by atoms with Gasteiger partial charge in [-0.1, -0.05) is 43.6 Å². The van der Waals surface area contributed by atoms with Crippen LogP contribution in [0, 0.1) is 5.92 Å². The molecule has 1 aromatic carbocycles. The van der Waals surface area contributed by atoms with Crippen LogP contribution in [0.25, 0.3) is 0 Å². The predicted octanol–water partition coefficient (Wildman–Crippen LogP) is 4.05. The van der Waals surface area contributed by atoms with E-state index in [9.17, 15) is 4.79 Å². The fourth-order valence-electron chi connectivity index (χ4n) is 2.60. The smallest absolute Gasteiger partial charge is 0.223 e. The molecule has 1 heterocycles. The Hall–Kier alpha value is -1.02. The van der Waals surface area contributed by atoms with Crippen molar-refractivity contribution in [2.75, 3.05) is 6.54 Å². The van der Waals surface area contributed by atoms with Gasteiger partial charge in [0.05, 0.1) is 6.04 Å². The van der Waals surface area contributed by atoms with E-state index in [1.807, 2.05) is 29.2 Å². The SMILES string of the molecule is CC(C)CC(=O)N1CCCC1c1ccccc1Cl. The Morgan fingerprint density at radius 1 is 1.44 bits per heavy atom. The fourth-order valence-corrected chi connectivity index (χ4v) is 2.86. The summed E-state index contributed by atoms with van der Waals surface area (Å²) in [5.74, 6) is 0.664. The molecule has 1 aliphatic rings. The molecule has 0 aliphatic carbocycles. The Morgan fingerprint density at radius 2 is 2.17 bits per heavy atom. The van der Waals surface area contributed by atoms with Gasteiger partial charge in [-0.2, -0.15) is 0 Å². The highest BCUT2D eigenvalue weighted by atomic mass is 35.5. The molecule has 1 unspecified atom stereocenters. The molecule has 0 aromatic heterocycles. The fraction of sp³-hybridized carbons (Fsp3) is 0.533. The van der Waals surface area contributed by atoms with Gasteiger partial charge in [0.1, 0.15) is 0 Å². The molecule has 18 heavy (non-hydrogen) atoms. The van der Waals surface area contributed by atoms with Crippen LogP contribution >= 0.6 is 11.6 Å². The van der Waals surface area contributed by atoms with E-state index >= 15 is 0 Å². The summed E-state index contributed by atoms with van der Waals surface area (Å²) in [6.07, 6.45) is 2.72. The quantitative estimate of drug-likeness (QED) is 0.807. The summed E-state index contributed by atoms with van der Waals surface area (Å²) < 4.78 is 0. The van der Waals surface area contributed by atoms with Crippen molar-refractivity contribution in [1.29, 1.82) is 0 Å². The number of rotatable bonds is 3. The van der Waals surface area contributed by atoms with Gasteiger partial charge in [-0.05, 0) is 30.4 Å². The van der Waals surface area contributed by atoms with Crippen LogP contribution in [0.15, 0.2) is 24.3 Å². The predicted molar refractivity (Wildman–Crippen MR) is 74.6 cm³/mol. The molecular formula is C15H20ClNO. The van der Waals surface area contributed by atoms with Gasteiger partial charge in [0, 0.05) is 18.0 Å². The van der Waals surface area contributed by atoms with Crippen molar-refractivity contribution in [2.45, 2.75) is 39.2 Å². The summed E-state index contributed by atoms with van der Waals surface area (Å²) in [4.78, 5) is 14.2. The van der Waals surface area contributed by atoms with Crippen LogP contribution in [-0.2, 0) is 4.79 Å². The number of carbonyl (C=O) groups excluding carboxylic acids is 1.